The fourth-order valence-corrected chi connectivity index (χ4v) is 2.54. The number of fused-ring (bicyclic) bond motifs is 1. The van der Waals surface area contributed by atoms with Crippen molar-refractivity contribution in [1.29, 1.82) is 0 Å². The highest BCUT2D eigenvalue weighted by atomic mass is 16.4. The van der Waals surface area contributed by atoms with Crippen molar-refractivity contribution >= 4 is 17.0 Å². The summed E-state index contributed by atoms with van der Waals surface area (Å²) in [5.41, 5.74) is 1.81. The third-order valence-corrected chi connectivity index (χ3v) is 3.61. The zero-order valence-corrected chi connectivity index (χ0v) is 12.4. The van der Waals surface area contributed by atoms with Gasteiger partial charge in [-0.1, -0.05) is 32.8 Å². The van der Waals surface area contributed by atoms with Crippen LogP contribution in [0.1, 0.15) is 49.3 Å². The van der Waals surface area contributed by atoms with Gasteiger partial charge in [0.1, 0.15) is 11.3 Å². The first-order valence-corrected chi connectivity index (χ1v) is 7.20. The first-order valence-electron chi connectivity index (χ1n) is 7.20. The van der Waals surface area contributed by atoms with Crippen molar-refractivity contribution in [3.8, 4) is 0 Å². The Labute approximate surface area is 119 Å². The minimum absolute atomic E-state index is 0.284. The van der Waals surface area contributed by atoms with Crippen LogP contribution in [0.5, 0.6) is 0 Å². The molecular weight excluding hydrogens is 252 g/mol. The van der Waals surface area contributed by atoms with Gasteiger partial charge >= 0.3 is 5.97 Å². The molecule has 2 rings (SSSR count). The van der Waals surface area contributed by atoms with Crippen LogP contribution in [0.15, 0.2) is 18.2 Å². The summed E-state index contributed by atoms with van der Waals surface area (Å²) >= 11 is 0. The van der Waals surface area contributed by atoms with E-state index in [9.17, 15) is 9.90 Å². The topological polar surface area (TPSA) is 55.1 Å². The number of aromatic carboxylic acids is 1. The monoisotopic (exact) mass is 274 g/mol. The maximum absolute atomic E-state index is 11.2. The number of unbranched alkanes of at least 4 members (excludes halogenated alkanes) is 1. The summed E-state index contributed by atoms with van der Waals surface area (Å²) in [6, 6.07) is 5.35. The minimum atomic E-state index is -0.917. The average molecular weight is 274 g/mol. The fourth-order valence-electron chi connectivity index (χ4n) is 2.54. The zero-order chi connectivity index (χ0) is 14.7. The summed E-state index contributed by atoms with van der Waals surface area (Å²) in [7, 11) is 0. The molecule has 0 saturated carbocycles. The largest absolute Gasteiger partial charge is 0.478 e. The van der Waals surface area contributed by atoms with Gasteiger partial charge in [-0.2, -0.15) is 0 Å². The van der Waals surface area contributed by atoms with Gasteiger partial charge in [-0.05, 0) is 31.4 Å². The molecule has 108 valence electrons. The second kappa shape index (κ2) is 6.07. The Hall–Kier alpha value is -1.84. The van der Waals surface area contributed by atoms with Crippen molar-refractivity contribution in [2.24, 2.45) is 5.92 Å². The summed E-state index contributed by atoms with van der Waals surface area (Å²) in [6.45, 7) is 7.31. The number of carboxylic acids is 1. The van der Waals surface area contributed by atoms with Gasteiger partial charge < -0.3 is 9.67 Å². The van der Waals surface area contributed by atoms with E-state index in [1.165, 1.54) is 12.8 Å². The van der Waals surface area contributed by atoms with Crippen LogP contribution in [-0.2, 0) is 6.54 Å². The molecule has 4 nitrogen and oxygen atoms in total. The quantitative estimate of drug-likeness (QED) is 0.813. The minimum Gasteiger partial charge on any atom is -0.478 e. The van der Waals surface area contributed by atoms with Crippen LogP contribution in [0.4, 0.5) is 0 Å². The predicted octanol–water partition coefficient (Wildman–Crippen LogP) is 3.87. The molecule has 2 aromatic rings. The van der Waals surface area contributed by atoms with E-state index in [-0.39, 0.29) is 5.56 Å². The number of imidazole rings is 1. The molecule has 0 aliphatic carbocycles. The van der Waals surface area contributed by atoms with E-state index >= 15 is 0 Å². The first-order chi connectivity index (χ1) is 9.50. The highest BCUT2D eigenvalue weighted by Gasteiger charge is 2.14. The second-order valence-electron chi connectivity index (χ2n) is 5.68. The van der Waals surface area contributed by atoms with Gasteiger partial charge in [0, 0.05) is 6.54 Å². The highest BCUT2D eigenvalue weighted by molar-refractivity contribution is 6.01. The van der Waals surface area contributed by atoms with E-state index in [2.05, 4.69) is 23.4 Å². The lowest BCUT2D eigenvalue weighted by atomic mass is 10.1. The van der Waals surface area contributed by atoms with Crippen molar-refractivity contribution in [1.82, 2.24) is 9.55 Å². The molecule has 20 heavy (non-hydrogen) atoms. The van der Waals surface area contributed by atoms with Crippen LogP contribution in [-0.4, -0.2) is 20.6 Å². The smallest absolute Gasteiger partial charge is 0.337 e. The number of benzene rings is 1. The summed E-state index contributed by atoms with van der Waals surface area (Å²) in [5.74, 6) is 0.701. The first kappa shape index (κ1) is 14.6. The van der Waals surface area contributed by atoms with Crippen molar-refractivity contribution in [2.45, 2.75) is 46.6 Å². The number of hydrogen-bond donors (Lipinski definition) is 1. The number of para-hydroxylation sites is 1. The lowest BCUT2D eigenvalue weighted by Crippen LogP contribution is -2.01. The molecule has 0 aliphatic heterocycles. The SMILES string of the molecule is Cc1nc2c(C(=O)O)cccc2n1CCCCC(C)C. The third kappa shape index (κ3) is 3.00. The van der Waals surface area contributed by atoms with Gasteiger partial charge in [-0.3, -0.25) is 0 Å². The van der Waals surface area contributed by atoms with Gasteiger partial charge in [0.2, 0.25) is 0 Å². The Morgan fingerprint density at radius 3 is 2.75 bits per heavy atom. The molecule has 0 spiro atoms. The molecule has 0 unspecified atom stereocenters. The second-order valence-corrected chi connectivity index (χ2v) is 5.68. The molecule has 1 heterocycles. The number of aryl methyl sites for hydroxylation is 2. The normalized spacial score (nSPS) is 11.4. The maximum Gasteiger partial charge on any atom is 0.337 e. The van der Waals surface area contributed by atoms with Gasteiger partial charge in [-0.25, -0.2) is 9.78 Å². The molecular formula is C16H22N2O2. The number of rotatable bonds is 6. The summed E-state index contributed by atoms with van der Waals surface area (Å²) < 4.78 is 2.13. The van der Waals surface area contributed by atoms with E-state index in [0.717, 1.165) is 30.2 Å². The lowest BCUT2D eigenvalue weighted by molar-refractivity contribution is 0.0699. The fraction of sp³-hybridized carbons (Fsp3) is 0.500. The molecule has 0 aliphatic rings. The van der Waals surface area contributed by atoms with E-state index in [1.807, 2.05) is 13.0 Å². The van der Waals surface area contributed by atoms with Crippen LogP contribution >= 0.6 is 0 Å². The number of carbonyl (C=O) groups is 1. The summed E-state index contributed by atoms with van der Waals surface area (Å²) in [6.07, 6.45) is 3.52. The molecule has 1 aromatic carbocycles. The van der Waals surface area contributed by atoms with Crippen LogP contribution in [0, 0.1) is 12.8 Å². The molecule has 0 fully saturated rings. The molecule has 0 radical (unpaired) electrons. The van der Waals surface area contributed by atoms with E-state index in [0.29, 0.717) is 5.52 Å². The van der Waals surface area contributed by atoms with Crippen LogP contribution in [0.3, 0.4) is 0 Å². The Morgan fingerprint density at radius 2 is 2.10 bits per heavy atom. The van der Waals surface area contributed by atoms with Crippen LogP contribution < -0.4 is 0 Å². The van der Waals surface area contributed by atoms with E-state index in [1.54, 1.807) is 12.1 Å². The van der Waals surface area contributed by atoms with Crippen molar-refractivity contribution in [3.63, 3.8) is 0 Å². The molecule has 1 N–H and O–H groups in total. The van der Waals surface area contributed by atoms with Gasteiger partial charge in [0.25, 0.3) is 0 Å². The number of aromatic nitrogens is 2. The van der Waals surface area contributed by atoms with Gasteiger partial charge in [0.15, 0.2) is 0 Å². The molecule has 0 saturated heterocycles. The van der Waals surface area contributed by atoms with Crippen molar-refractivity contribution < 1.29 is 9.90 Å². The zero-order valence-electron chi connectivity index (χ0n) is 12.4. The summed E-state index contributed by atoms with van der Waals surface area (Å²) in [5, 5.41) is 9.21. The molecule has 0 bridgehead atoms. The number of hydrogen-bond acceptors (Lipinski definition) is 2. The maximum atomic E-state index is 11.2. The Bertz CT molecular complexity index is 614. The Balaban J connectivity index is 2.23. The molecule has 1 aromatic heterocycles. The average Bonchev–Trinajstić information content (AvgIpc) is 2.70. The molecule has 0 atom stereocenters. The third-order valence-electron chi connectivity index (χ3n) is 3.61. The summed E-state index contributed by atoms with van der Waals surface area (Å²) in [4.78, 5) is 15.7. The van der Waals surface area contributed by atoms with Crippen molar-refractivity contribution in [3.05, 3.63) is 29.6 Å². The predicted molar refractivity (Wildman–Crippen MR) is 80.1 cm³/mol. The van der Waals surface area contributed by atoms with Crippen LogP contribution in [0.2, 0.25) is 0 Å². The number of nitrogens with zero attached hydrogens (tertiary/aromatic N) is 2. The van der Waals surface area contributed by atoms with Crippen LogP contribution in [0.25, 0.3) is 11.0 Å². The van der Waals surface area contributed by atoms with E-state index < -0.39 is 5.97 Å². The van der Waals surface area contributed by atoms with Crippen molar-refractivity contribution in [2.75, 3.05) is 0 Å². The van der Waals surface area contributed by atoms with Gasteiger partial charge in [0.05, 0.1) is 11.1 Å². The standard InChI is InChI=1S/C16H22N2O2/c1-11(2)7-4-5-10-18-12(3)17-15-13(16(19)20)8-6-9-14(15)18/h6,8-9,11H,4-5,7,10H2,1-3H3,(H,19,20). The van der Waals surface area contributed by atoms with E-state index in [4.69, 9.17) is 0 Å². The number of carboxylic acid groups (broad SMARTS) is 1. The Kier molecular flexibility index (Phi) is 4.42. The lowest BCUT2D eigenvalue weighted by Gasteiger charge is -2.08. The molecule has 4 heteroatoms. The Morgan fingerprint density at radius 1 is 1.35 bits per heavy atom. The highest BCUT2D eigenvalue weighted by Crippen LogP contribution is 2.21. The van der Waals surface area contributed by atoms with Gasteiger partial charge in [-0.15, -0.1) is 0 Å². The molecule has 0 amide bonds.